The summed E-state index contributed by atoms with van der Waals surface area (Å²) in [6, 6.07) is 2.64. The molecule has 0 radical (unpaired) electrons. The Morgan fingerprint density at radius 1 is 1.07 bits per heavy atom. The van der Waals surface area contributed by atoms with Gasteiger partial charge in [-0.25, -0.2) is 0 Å². The van der Waals surface area contributed by atoms with Crippen molar-refractivity contribution < 1.29 is 29.0 Å². The SMILES string of the molecule is O=COc1ccccc1S(F)(F)(F)(F)F. The van der Waals surface area contributed by atoms with Gasteiger partial charge in [-0.05, 0) is 12.1 Å². The number of hydrogen-bond donors (Lipinski definition) is 0. The second kappa shape index (κ2) is 2.63. The number of carbonyl (C=O) groups is 1. The number of para-hydroxylation sites is 1. The van der Waals surface area contributed by atoms with E-state index in [4.69, 9.17) is 0 Å². The standard InChI is InChI=1S/C7H5F5O2S/c8-15(9,10,11,12)7-4-2-1-3-6(7)14-5-13/h1-5H. The lowest BCUT2D eigenvalue weighted by atomic mass is 10.3. The molecule has 2 nitrogen and oxygen atoms in total. The molecule has 0 aliphatic heterocycles. The minimum absolute atomic E-state index is 0.167. The van der Waals surface area contributed by atoms with Crippen molar-refractivity contribution >= 4 is 16.7 Å². The molecular formula is C7H5F5O2S. The van der Waals surface area contributed by atoms with Gasteiger partial charge in [0.2, 0.25) is 0 Å². The molecule has 0 saturated heterocycles. The minimum Gasteiger partial charge on any atom is -0.427 e. The molecule has 0 unspecified atom stereocenters. The van der Waals surface area contributed by atoms with Gasteiger partial charge in [-0.1, -0.05) is 31.6 Å². The summed E-state index contributed by atoms with van der Waals surface area (Å²) in [5, 5.41) is 0. The lowest BCUT2D eigenvalue weighted by molar-refractivity contribution is -0.120. The molecule has 0 fully saturated rings. The first-order valence-corrected chi connectivity index (χ1v) is 5.43. The van der Waals surface area contributed by atoms with Crippen molar-refractivity contribution in [2.45, 2.75) is 4.90 Å². The summed E-state index contributed by atoms with van der Waals surface area (Å²) in [7, 11) is -9.80. The van der Waals surface area contributed by atoms with E-state index in [0.717, 1.165) is 12.1 Å². The summed E-state index contributed by atoms with van der Waals surface area (Å²) < 4.78 is 65.5. The third kappa shape index (κ3) is 2.82. The Labute approximate surface area is 81.4 Å². The fraction of sp³-hybridized carbons (Fsp3) is 0. The molecule has 0 N–H and O–H groups in total. The average Bonchev–Trinajstić information content (AvgIpc) is 2.01. The van der Waals surface area contributed by atoms with Gasteiger partial charge in [-0.3, -0.25) is 4.79 Å². The number of carbonyl (C=O) groups excluding carboxylic acids is 1. The Morgan fingerprint density at radius 3 is 2.07 bits per heavy atom. The van der Waals surface area contributed by atoms with Gasteiger partial charge >= 0.3 is 10.2 Å². The molecule has 1 rings (SSSR count). The zero-order valence-corrected chi connectivity index (χ0v) is 7.82. The number of rotatable bonds is 3. The van der Waals surface area contributed by atoms with Crippen LogP contribution in [0.5, 0.6) is 5.75 Å². The molecule has 0 heterocycles. The van der Waals surface area contributed by atoms with E-state index in [0.29, 0.717) is 6.07 Å². The first kappa shape index (κ1) is 11.8. The van der Waals surface area contributed by atoms with E-state index in [9.17, 15) is 24.2 Å². The molecule has 0 aliphatic rings. The fourth-order valence-corrected chi connectivity index (χ4v) is 1.75. The maximum absolute atomic E-state index is 12.3. The van der Waals surface area contributed by atoms with Crippen LogP contribution >= 0.6 is 10.2 Å². The third-order valence-corrected chi connectivity index (χ3v) is 2.61. The molecule has 0 amide bonds. The Hall–Kier alpha value is -1.31. The van der Waals surface area contributed by atoms with Crippen molar-refractivity contribution in [2.24, 2.45) is 0 Å². The molecule has 1 aromatic rings. The molecule has 0 bridgehead atoms. The van der Waals surface area contributed by atoms with E-state index in [1.807, 2.05) is 0 Å². The van der Waals surface area contributed by atoms with Crippen molar-refractivity contribution in [3.05, 3.63) is 24.3 Å². The molecule has 0 aromatic heterocycles. The van der Waals surface area contributed by atoms with Crippen molar-refractivity contribution in [3.8, 4) is 5.75 Å². The van der Waals surface area contributed by atoms with Crippen LogP contribution in [0.4, 0.5) is 19.4 Å². The Balaban J connectivity index is 3.45. The molecule has 0 saturated carbocycles. The maximum Gasteiger partial charge on any atom is 0.313 e. The van der Waals surface area contributed by atoms with E-state index >= 15 is 0 Å². The largest absolute Gasteiger partial charge is 0.427 e. The van der Waals surface area contributed by atoms with Gasteiger partial charge in [0, 0.05) is 0 Å². The number of benzene rings is 1. The predicted molar refractivity (Wildman–Crippen MR) is 44.5 cm³/mol. The first-order chi connectivity index (χ1) is 6.54. The van der Waals surface area contributed by atoms with Gasteiger partial charge in [-0.15, -0.1) is 0 Å². The maximum atomic E-state index is 12.3. The third-order valence-electron chi connectivity index (χ3n) is 1.44. The Kier molecular flexibility index (Phi) is 2.06. The van der Waals surface area contributed by atoms with E-state index in [1.165, 1.54) is 0 Å². The number of hydrogen-bond acceptors (Lipinski definition) is 2. The molecule has 0 atom stereocenters. The number of halogens is 5. The molecule has 86 valence electrons. The molecule has 15 heavy (non-hydrogen) atoms. The summed E-state index contributed by atoms with van der Waals surface area (Å²) in [4.78, 5) is 7.64. The highest BCUT2D eigenvalue weighted by molar-refractivity contribution is 8.45. The van der Waals surface area contributed by atoms with Crippen molar-refractivity contribution in [1.29, 1.82) is 0 Å². The van der Waals surface area contributed by atoms with Crippen molar-refractivity contribution in [1.82, 2.24) is 0 Å². The molecule has 8 heteroatoms. The fourth-order valence-electron chi connectivity index (χ4n) is 0.918. The van der Waals surface area contributed by atoms with Gasteiger partial charge in [0.05, 0.1) is 0 Å². The zero-order chi connectivity index (χ0) is 11.8. The normalized spacial score (nSPS) is 16.3. The average molecular weight is 248 g/mol. The Morgan fingerprint density at radius 2 is 1.60 bits per heavy atom. The lowest BCUT2D eigenvalue weighted by Crippen LogP contribution is -2.08. The van der Waals surface area contributed by atoms with E-state index in [2.05, 4.69) is 4.74 Å². The summed E-state index contributed by atoms with van der Waals surface area (Å²) in [6.07, 6.45) is 0. The highest BCUT2D eigenvalue weighted by Crippen LogP contribution is 3.03. The predicted octanol–water partition coefficient (Wildman–Crippen LogP) is 3.88. The lowest BCUT2D eigenvalue weighted by Gasteiger charge is -2.40. The first-order valence-electron chi connectivity index (χ1n) is 3.48. The van der Waals surface area contributed by atoms with E-state index in [-0.39, 0.29) is 12.5 Å². The monoisotopic (exact) mass is 248 g/mol. The summed E-state index contributed by atoms with van der Waals surface area (Å²) in [6.45, 7) is -0.345. The van der Waals surface area contributed by atoms with Crippen LogP contribution in [0.15, 0.2) is 29.2 Å². The van der Waals surface area contributed by atoms with Crippen LogP contribution in [0.3, 0.4) is 0 Å². The topological polar surface area (TPSA) is 26.3 Å². The van der Waals surface area contributed by atoms with Crippen molar-refractivity contribution in [3.63, 3.8) is 0 Å². The van der Waals surface area contributed by atoms with Gasteiger partial charge in [-0.2, -0.15) is 0 Å². The quantitative estimate of drug-likeness (QED) is 0.599. The van der Waals surface area contributed by atoms with E-state index < -0.39 is 20.9 Å². The molecule has 0 spiro atoms. The zero-order valence-electron chi connectivity index (χ0n) is 7.00. The smallest absolute Gasteiger partial charge is 0.313 e. The van der Waals surface area contributed by atoms with Gasteiger partial charge in [0.15, 0.2) is 5.75 Å². The van der Waals surface area contributed by atoms with Crippen LogP contribution in [0, 0.1) is 0 Å². The summed E-state index contributed by atoms with van der Waals surface area (Å²) >= 11 is 0. The van der Waals surface area contributed by atoms with Gasteiger partial charge in [0.1, 0.15) is 4.90 Å². The van der Waals surface area contributed by atoms with Gasteiger partial charge < -0.3 is 4.74 Å². The van der Waals surface area contributed by atoms with Crippen LogP contribution in [0.1, 0.15) is 0 Å². The van der Waals surface area contributed by atoms with Crippen LogP contribution < -0.4 is 4.74 Å². The van der Waals surface area contributed by atoms with E-state index in [1.54, 1.807) is 0 Å². The molecule has 1 aromatic carbocycles. The summed E-state index contributed by atoms with van der Waals surface area (Å²) in [5.41, 5.74) is 0. The highest BCUT2D eigenvalue weighted by atomic mass is 32.5. The summed E-state index contributed by atoms with van der Waals surface area (Å²) in [5.74, 6) is -1.20. The van der Waals surface area contributed by atoms with Crippen LogP contribution in [-0.4, -0.2) is 6.47 Å². The molecular weight excluding hydrogens is 243 g/mol. The van der Waals surface area contributed by atoms with Gasteiger partial charge in [0.25, 0.3) is 6.47 Å². The second-order valence-corrected chi connectivity index (χ2v) is 5.01. The highest BCUT2D eigenvalue weighted by Gasteiger charge is 2.67. The molecule has 0 aliphatic carbocycles. The Bertz CT molecular complexity index is 398. The van der Waals surface area contributed by atoms with Crippen LogP contribution in [0.2, 0.25) is 0 Å². The minimum atomic E-state index is -9.80. The number of ether oxygens (including phenoxy) is 1. The van der Waals surface area contributed by atoms with Crippen LogP contribution in [0.25, 0.3) is 0 Å². The van der Waals surface area contributed by atoms with Crippen molar-refractivity contribution in [2.75, 3.05) is 0 Å². The van der Waals surface area contributed by atoms with Crippen LogP contribution in [-0.2, 0) is 4.79 Å². The second-order valence-electron chi connectivity index (χ2n) is 2.63.